The third-order valence-electron chi connectivity index (χ3n) is 3.89. The quantitative estimate of drug-likeness (QED) is 0.841. The molecule has 3 nitrogen and oxygen atoms in total. The second kappa shape index (κ2) is 7.64. The molecule has 0 aromatic heterocycles. The lowest BCUT2D eigenvalue weighted by molar-refractivity contribution is -0.139. The maximum absolute atomic E-state index is 11.6. The van der Waals surface area contributed by atoms with Gasteiger partial charge in [-0.1, -0.05) is 42.5 Å². The summed E-state index contributed by atoms with van der Waals surface area (Å²) >= 11 is 0. The van der Waals surface area contributed by atoms with Crippen LogP contribution in [0.15, 0.2) is 54.6 Å². The van der Waals surface area contributed by atoms with Crippen molar-refractivity contribution in [2.75, 3.05) is 19.0 Å². The number of anilines is 1. The van der Waals surface area contributed by atoms with Crippen molar-refractivity contribution >= 4 is 11.7 Å². The largest absolute Gasteiger partial charge is 0.481 e. The molecule has 1 N–H and O–H groups in total. The van der Waals surface area contributed by atoms with Crippen LogP contribution >= 0.6 is 0 Å². The van der Waals surface area contributed by atoms with Crippen LogP contribution in [0.2, 0.25) is 0 Å². The van der Waals surface area contributed by atoms with Crippen LogP contribution in [-0.4, -0.2) is 25.2 Å². The third-order valence-corrected chi connectivity index (χ3v) is 3.89. The van der Waals surface area contributed by atoms with Gasteiger partial charge >= 0.3 is 5.97 Å². The molecule has 0 aliphatic carbocycles. The zero-order chi connectivity index (χ0) is 15.9. The molecular formula is C19H23NO2. The Morgan fingerprint density at radius 3 is 2.45 bits per heavy atom. The van der Waals surface area contributed by atoms with Crippen molar-refractivity contribution in [2.24, 2.45) is 0 Å². The topological polar surface area (TPSA) is 40.5 Å². The van der Waals surface area contributed by atoms with Crippen molar-refractivity contribution in [1.29, 1.82) is 0 Å². The number of benzene rings is 2. The molecule has 0 bridgehead atoms. The first-order chi connectivity index (χ1) is 10.6. The number of carbonyl (C=O) groups is 1. The summed E-state index contributed by atoms with van der Waals surface area (Å²) in [5.74, 6) is -1.19. The predicted octanol–water partition coefficient (Wildman–Crippen LogP) is 3.94. The van der Waals surface area contributed by atoms with Gasteiger partial charge in [0.15, 0.2) is 0 Å². The molecule has 22 heavy (non-hydrogen) atoms. The number of nitrogens with zero attached hydrogens (tertiary/aromatic N) is 1. The van der Waals surface area contributed by atoms with E-state index in [2.05, 4.69) is 12.1 Å². The highest BCUT2D eigenvalue weighted by atomic mass is 16.4. The first-order valence-corrected chi connectivity index (χ1v) is 7.62. The number of aryl methyl sites for hydroxylation is 1. The van der Waals surface area contributed by atoms with E-state index in [4.69, 9.17) is 0 Å². The first-order valence-electron chi connectivity index (χ1n) is 7.62. The van der Waals surface area contributed by atoms with Crippen LogP contribution in [0.5, 0.6) is 0 Å². The molecule has 0 aliphatic heterocycles. The van der Waals surface area contributed by atoms with E-state index in [0.29, 0.717) is 6.42 Å². The van der Waals surface area contributed by atoms with Gasteiger partial charge < -0.3 is 10.0 Å². The number of hydrogen-bond acceptors (Lipinski definition) is 2. The lowest BCUT2D eigenvalue weighted by atomic mass is 9.92. The Balaban J connectivity index is 2.04. The van der Waals surface area contributed by atoms with Gasteiger partial charge in [-0.25, -0.2) is 0 Å². The van der Waals surface area contributed by atoms with Gasteiger partial charge in [0.1, 0.15) is 0 Å². The van der Waals surface area contributed by atoms with Crippen molar-refractivity contribution in [2.45, 2.75) is 25.2 Å². The minimum absolute atomic E-state index is 0.441. The van der Waals surface area contributed by atoms with Crippen molar-refractivity contribution < 1.29 is 9.90 Å². The fraction of sp³-hybridized carbons (Fsp3) is 0.316. The van der Waals surface area contributed by atoms with E-state index in [1.54, 1.807) is 0 Å². The Hall–Kier alpha value is -2.29. The molecule has 0 saturated carbocycles. The first kappa shape index (κ1) is 16.1. The summed E-state index contributed by atoms with van der Waals surface area (Å²) < 4.78 is 0. The maximum Gasteiger partial charge on any atom is 0.310 e. The van der Waals surface area contributed by atoms with Gasteiger partial charge in [-0.05, 0) is 42.5 Å². The monoisotopic (exact) mass is 297 g/mol. The molecule has 1 atom stereocenters. The van der Waals surface area contributed by atoms with Crippen LogP contribution < -0.4 is 4.90 Å². The smallest absolute Gasteiger partial charge is 0.310 e. The Morgan fingerprint density at radius 2 is 1.82 bits per heavy atom. The van der Waals surface area contributed by atoms with Crippen LogP contribution in [-0.2, 0) is 11.2 Å². The fourth-order valence-corrected chi connectivity index (χ4v) is 2.61. The van der Waals surface area contributed by atoms with Crippen molar-refractivity contribution in [1.82, 2.24) is 0 Å². The Morgan fingerprint density at radius 1 is 1.09 bits per heavy atom. The second-order valence-electron chi connectivity index (χ2n) is 5.76. The number of carboxylic acid groups (broad SMARTS) is 1. The van der Waals surface area contributed by atoms with Crippen LogP contribution in [0.25, 0.3) is 0 Å². The van der Waals surface area contributed by atoms with E-state index in [0.717, 1.165) is 24.1 Å². The summed E-state index contributed by atoms with van der Waals surface area (Å²) in [6, 6.07) is 18.0. The third kappa shape index (κ3) is 4.35. The van der Waals surface area contributed by atoms with Gasteiger partial charge in [0, 0.05) is 19.8 Å². The molecule has 2 rings (SSSR count). The lowest BCUT2D eigenvalue weighted by Gasteiger charge is -2.17. The van der Waals surface area contributed by atoms with Gasteiger partial charge in [-0.3, -0.25) is 4.79 Å². The number of hydrogen-bond donors (Lipinski definition) is 1. The Labute approximate surface area is 132 Å². The minimum Gasteiger partial charge on any atom is -0.481 e. The molecule has 0 aliphatic rings. The summed E-state index contributed by atoms with van der Waals surface area (Å²) in [5, 5.41) is 9.54. The highest BCUT2D eigenvalue weighted by molar-refractivity contribution is 5.76. The van der Waals surface area contributed by atoms with Crippen molar-refractivity contribution in [3.05, 3.63) is 65.7 Å². The molecule has 2 aromatic rings. The van der Waals surface area contributed by atoms with Crippen LogP contribution in [0.3, 0.4) is 0 Å². The molecular weight excluding hydrogens is 274 g/mol. The van der Waals surface area contributed by atoms with E-state index >= 15 is 0 Å². The highest BCUT2D eigenvalue weighted by Crippen LogP contribution is 2.26. The van der Waals surface area contributed by atoms with Gasteiger partial charge in [0.05, 0.1) is 5.92 Å². The molecule has 0 heterocycles. The highest BCUT2D eigenvalue weighted by Gasteiger charge is 2.19. The molecule has 0 spiro atoms. The average Bonchev–Trinajstić information content (AvgIpc) is 2.52. The fourth-order valence-electron chi connectivity index (χ4n) is 2.61. The van der Waals surface area contributed by atoms with Gasteiger partial charge in [-0.2, -0.15) is 0 Å². The van der Waals surface area contributed by atoms with Gasteiger partial charge in [0.2, 0.25) is 0 Å². The SMILES string of the molecule is CN(C)c1cccc(C(CCCc2ccccc2)C(=O)O)c1. The van der Waals surface area contributed by atoms with Gasteiger partial charge in [-0.15, -0.1) is 0 Å². The molecule has 0 saturated heterocycles. The number of carboxylic acids is 1. The van der Waals surface area contributed by atoms with E-state index in [-0.39, 0.29) is 0 Å². The van der Waals surface area contributed by atoms with Crippen molar-refractivity contribution in [3.63, 3.8) is 0 Å². The molecule has 3 heteroatoms. The van der Waals surface area contributed by atoms with E-state index in [1.165, 1.54) is 5.56 Å². The lowest BCUT2D eigenvalue weighted by Crippen LogP contribution is -2.14. The zero-order valence-corrected chi connectivity index (χ0v) is 13.2. The summed E-state index contributed by atoms with van der Waals surface area (Å²) in [5.41, 5.74) is 3.17. The maximum atomic E-state index is 11.6. The number of rotatable bonds is 7. The average molecular weight is 297 g/mol. The number of aliphatic carboxylic acids is 1. The standard InChI is InChI=1S/C19H23NO2/c1-20(2)17-12-7-11-16(14-17)18(19(21)22)13-6-10-15-8-4-3-5-9-15/h3-5,7-9,11-12,14,18H,6,10,13H2,1-2H3,(H,21,22). The molecule has 116 valence electrons. The van der Waals surface area contributed by atoms with Crippen LogP contribution in [0.1, 0.15) is 29.9 Å². The molecule has 0 fully saturated rings. The van der Waals surface area contributed by atoms with Crippen LogP contribution in [0, 0.1) is 0 Å². The van der Waals surface area contributed by atoms with Gasteiger partial charge in [0.25, 0.3) is 0 Å². The summed E-state index contributed by atoms with van der Waals surface area (Å²) in [6.45, 7) is 0. The molecule has 1 unspecified atom stereocenters. The normalized spacial score (nSPS) is 11.9. The molecule has 0 radical (unpaired) electrons. The summed E-state index contributed by atoms with van der Waals surface area (Å²) in [6.07, 6.45) is 2.44. The zero-order valence-electron chi connectivity index (χ0n) is 13.2. The summed E-state index contributed by atoms with van der Waals surface area (Å²) in [7, 11) is 3.93. The predicted molar refractivity (Wildman–Crippen MR) is 90.5 cm³/mol. The molecule has 0 amide bonds. The Kier molecular flexibility index (Phi) is 5.59. The van der Waals surface area contributed by atoms with Crippen LogP contribution in [0.4, 0.5) is 5.69 Å². The van der Waals surface area contributed by atoms with E-state index in [9.17, 15) is 9.90 Å². The van der Waals surface area contributed by atoms with Crippen molar-refractivity contribution in [3.8, 4) is 0 Å². The second-order valence-corrected chi connectivity index (χ2v) is 5.76. The van der Waals surface area contributed by atoms with E-state index < -0.39 is 11.9 Å². The van der Waals surface area contributed by atoms with E-state index in [1.807, 2.05) is 61.5 Å². The minimum atomic E-state index is -0.746. The Bertz CT molecular complexity index is 608. The summed E-state index contributed by atoms with van der Waals surface area (Å²) in [4.78, 5) is 13.6. The molecule has 2 aromatic carbocycles.